The largest absolute Gasteiger partial charge is 0.352 e. The van der Waals surface area contributed by atoms with Crippen molar-refractivity contribution < 1.29 is 9.59 Å². The Bertz CT molecular complexity index is 677. The number of piperidine rings is 1. The number of amides is 2. The van der Waals surface area contributed by atoms with Crippen molar-refractivity contribution in [2.24, 2.45) is 5.92 Å². The van der Waals surface area contributed by atoms with Gasteiger partial charge in [0.15, 0.2) is 0 Å². The smallest absolute Gasteiger partial charge is 0.253 e. The number of nitrogens with zero attached hydrogens (tertiary/aromatic N) is 1. The molecule has 3 rings (SSSR count). The lowest BCUT2D eigenvalue weighted by Gasteiger charge is -2.31. The summed E-state index contributed by atoms with van der Waals surface area (Å²) in [6, 6.07) is 19.2. The van der Waals surface area contributed by atoms with Crippen molar-refractivity contribution in [2.45, 2.75) is 19.4 Å². The molecule has 4 nitrogen and oxygen atoms in total. The molecule has 1 aliphatic rings. The van der Waals surface area contributed by atoms with E-state index in [1.165, 1.54) is 0 Å². The number of hydrogen-bond donors (Lipinski definition) is 1. The van der Waals surface area contributed by atoms with Crippen LogP contribution in [-0.2, 0) is 11.3 Å². The molecule has 124 valence electrons. The van der Waals surface area contributed by atoms with Crippen LogP contribution in [0.2, 0.25) is 0 Å². The zero-order valence-corrected chi connectivity index (χ0v) is 13.7. The number of likely N-dealkylation sites (tertiary alicyclic amines) is 1. The third-order valence-corrected chi connectivity index (χ3v) is 4.48. The van der Waals surface area contributed by atoms with Crippen LogP contribution in [0.15, 0.2) is 60.7 Å². The molecule has 2 amide bonds. The van der Waals surface area contributed by atoms with E-state index in [4.69, 9.17) is 0 Å². The Balaban J connectivity index is 1.48. The third-order valence-electron chi connectivity index (χ3n) is 4.48. The van der Waals surface area contributed by atoms with Gasteiger partial charge in [0.05, 0.1) is 0 Å². The Morgan fingerprint density at radius 2 is 1.50 bits per heavy atom. The summed E-state index contributed by atoms with van der Waals surface area (Å²) in [5.74, 6) is 0.137. The van der Waals surface area contributed by atoms with Gasteiger partial charge in [-0.1, -0.05) is 48.5 Å². The van der Waals surface area contributed by atoms with Crippen LogP contribution >= 0.6 is 0 Å². The van der Waals surface area contributed by atoms with Crippen LogP contribution < -0.4 is 5.32 Å². The number of nitrogens with one attached hydrogen (secondary N) is 1. The molecule has 24 heavy (non-hydrogen) atoms. The van der Waals surface area contributed by atoms with Crippen molar-refractivity contribution in [1.29, 1.82) is 0 Å². The van der Waals surface area contributed by atoms with E-state index in [9.17, 15) is 9.59 Å². The van der Waals surface area contributed by atoms with Crippen molar-refractivity contribution in [3.05, 3.63) is 71.8 Å². The number of benzene rings is 2. The lowest BCUT2D eigenvalue weighted by molar-refractivity contribution is -0.126. The van der Waals surface area contributed by atoms with Crippen LogP contribution in [0, 0.1) is 5.92 Å². The Morgan fingerprint density at radius 3 is 2.12 bits per heavy atom. The quantitative estimate of drug-likeness (QED) is 0.941. The number of carbonyl (C=O) groups is 2. The molecule has 0 radical (unpaired) electrons. The molecule has 0 unspecified atom stereocenters. The molecule has 2 aromatic carbocycles. The Hall–Kier alpha value is -2.62. The SMILES string of the molecule is O=C(NCc1ccccc1)C1CCN(C(=O)c2ccccc2)CC1. The predicted molar refractivity (Wildman–Crippen MR) is 93.4 cm³/mol. The Morgan fingerprint density at radius 1 is 0.917 bits per heavy atom. The van der Waals surface area contributed by atoms with E-state index < -0.39 is 0 Å². The molecular weight excluding hydrogens is 300 g/mol. The lowest BCUT2D eigenvalue weighted by Crippen LogP contribution is -2.42. The molecular formula is C20H22N2O2. The summed E-state index contributed by atoms with van der Waals surface area (Å²) in [5.41, 5.74) is 1.81. The van der Waals surface area contributed by atoms with Gasteiger partial charge in [0.2, 0.25) is 5.91 Å². The molecule has 1 fully saturated rings. The summed E-state index contributed by atoms with van der Waals surface area (Å²) in [4.78, 5) is 26.6. The second-order valence-corrected chi connectivity index (χ2v) is 6.14. The maximum Gasteiger partial charge on any atom is 0.253 e. The first-order chi connectivity index (χ1) is 11.7. The van der Waals surface area contributed by atoms with Gasteiger partial charge in [-0.2, -0.15) is 0 Å². The summed E-state index contributed by atoms with van der Waals surface area (Å²) in [6.07, 6.45) is 1.44. The van der Waals surface area contributed by atoms with Gasteiger partial charge in [-0.15, -0.1) is 0 Å². The van der Waals surface area contributed by atoms with Crippen LogP contribution in [0.5, 0.6) is 0 Å². The highest BCUT2D eigenvalue weighted by molar-refractivity contribution is 5.94. The first-order valence-corrected chi connectivity index (χ1v) is 8.40. The molecule has 0 aliphatic carbocycles. The fourth-order valence-electron chi connectivity index (χ4n) is 3.04. The molecule has 1 aliphatic heterocycles. The van der Waals surface area contributed by atoms with E-state index in [0.29, 0.717) is 25.2 Å². The normalized spacial score (nSPS) is 15.1. The van der Waals surface area contributed by atoms with Gasteiger partial charge in [0, 0.05) is 31.1 Å². The zero-order chi connectivity index (χ0) is 16.8. The fraction of sp³-hybridized carbons (Fsp3) is 0.300. The summed E-state index contributed by atoms with van der Waals surface area (Å²) >= 11 is 0. The predicted octanol–water partition coefficient (Wildman–Crippen LogP) is 2.86. The molecule has 1 saturated heterocycles. The first kappa shape index (κ1) is 16.2. The van der Waals surface area contributed by atoms with Gasteiger partial charge in [-0.05, 0) is 30.5 Å². The van der Waals surface area contributed by atoms with Gasteiger partial charge in [-0.25, -0.2) is 0 Å². The minimum Gasteiger partial charge on any atom is -0.352 e. The summed E-state index contributed by atoms with van der Waals surface area (Å²) < 4.78 is 0. The summed E-state index contributed by atoms with van der Waals surface area (Å²) in [5, 5.41) is 3.00. The second-order valence-electron chi connectivity index (χ2n) is 6.14. The number of hydrogen-bond acceptors (Lipinski definition) is 2. The number of carbonyl (C=O) groups excluding carboxylic acids is 2. The van der Waals surface area contributed by atoms with E-state index in [0.717, 1.165) is 18.4 Å². The summed E-state index contributed by atoms with van der Waals surface area (Å²) in [6.45, 7) is 1.83. The minimum absolute atomic E-state index is 0.00599. The topological polar surface area (TPSA) is 49.4 Å². The van der Waals surface area contributed by atoms with Crippen molar-refractivity contribution in [2.75, 3.05) is 13.1 Å². The average Bonchev–Trinajstić information content (AvgIpc) is 2.67. The third kappa shape index (κ3) is 4.02. The fourth-order valence-corrected chi connectivity index (χ4v) is 3.04. The number of rotatable bonds is 4. The highest BCUT2D eigenvalue weighted by Gasteiger charge is 2.27. The molecule has 0 atom stereocenters. The van der Waals surface area contributed by atoms with Crippen LogP contribution in [0.25, 0.3) is 0 Å². The Labute approximate surface area is 142 Å². The van der Waals surface area contributed by atoms with Crippen LogP contribution in [-0.4, -0.2) is 29.8 Å². The maximum atomic E-state index is 12.4. The van der Waals surface area contributed by atoms with E-state index in [-0.39, 0.29) is 17.7 Å². The summed E-state index contributed by atoms with van der Waals surface area (Å²) in [7, 11) is 0. The van der Waals surface area contributed by atoms with Crippen molar-refractivity contribution in [3.8, 4) is 0 Å². The van der Waals surface area contributed by atoms with E-state index in [1.807, 2.05) is 65.6 Å². The average molecular weight is 322 g/mol. The van der Waals surface area contributed by atoms with Crippen LogP contribution in [0.1, 0.15) is 28.8 Å². The monoisotopic (exact) mass is 322 g/mol. The Kier molecular flexibility index (Phi) is 5.26. The van der Waals surface area contributed by atoms with Crippen molar-refractivity contribution >= 4 is 11.8 Å². The highest BCUT2D eigenvalue weighted by Crippen LogP contribution is 2.19. The maximum absolute atomic E-state index is 12.4. The molecule has 0 saturated carbocycles. The van der Waals surface area contributed by atoms with E-state index >= 15 is 0 Å². The van der Waals surface area contributed by atoms with Gasteiger partial charge in [0.1, 0.15) is 0 Å². The molecule has 2 aromatic rings. The standard InChI is InChI=1S/C20H22N2O2/c23-19(21-15-16-7-3-1-4-8-16)17-11-13-22(14-12-17)20(24)18-9-5-2-6-10-18/h1-10,17H,11-15H2,(H,21,23). The van der Waals surface area contributed by atoms with Gasteiger partial charge < -0.3 is 10.2 Å². The molecule has 0 bridgehead atoms. The minimum atomic E-state index is -0.00599. The molecule has 0 aromatic heterocycles. The molecule has 0 spiro atoms. The first-order valence-electron chi connectivity index (χ1n) is 8.40. The molecule has 4 heteroatoms. The van der Waals surface area contributed by atoms with Gasteiger partial charge in [0.25, 0.3) is 5.91 Å². The highest BCUT2D eigenvalue weighted by atomic mass is 16.2. The van der Waals surface area contributed by atoms with Crippen molar-refractivity contribution in [3.63, 3.8) is 0 Å². The van der Waals surface area contributed by atoms with Crippen LogP contribution in [0.3, 0.4) is 0 Å². The van der Waals surface area contributed by atoms with E-state index in [2.05, 4.69) is 5.32 Å². The zero-order valence-electron chi connectivity index (χ0n) is 13.7. The van der Waals surface area contributed by atoms with Crippen LogP contribution in [0.4, 0.5) is 0 Å². The van der Waals surface area contributed by atoms with E-state index in [1.54, 1.807) is 0 Å². The van der Waals surface area contributed by atoms with Gasteiger partial charge in [-0.3, -0.25) is 9.59 Å². The molecule has 1 N–H and O–H groups in total. The molecule has 1 heterocycles. The second kappa shape index (κ2) is 7.77. The lowest BCUT2D eigenvalue weighted by atomic mass is 9.95. The van der Waals surface area contributed by atoms with Crippen molar-refractivity contribution in [1.82, 2.24) is 10.2 Å². The van der Waals surface area contributed by atoms with Gasteiger partial charge >= 0.3 is 0 Å².